The smallest absolute Gasteiger partial charge is 0.0998 e. The Morgan fingerprint density at radius 2 is 1.94 bits per heavy atom. The van der Waals surface area contributed by atoms with Crippen LogP contribution in [0.15, 0.2) is 42.5 Å². The molecule has 1 heterocycles. The van der Waals surface area contributed by atoms with Gasteiger partial charge in [0, 0.05) is 12.1 Å². The molecule has 2 N–H and O–H groups in total. The van der Waals surface area contributed by atoms with Crippen LogP contribution in [0.4, 0.5) is 0 Å². The fourth-order valence-electron chi connectivity index (χ4n) is 1.55. The second-order valence-electron chi connectivity index (χ2n) is 3.38. The Morgan fingerprint density at radius 3 is 2.69 bits per heavy atom. The standard InChI is InChI=1S/C13H11N3/c14-8-10-4-1-2-6-12(10)13-7-3-5-11(9-15)16-13/h1-7H,9,15H2. The Morgan fingerprint density at radius 1 is 1.12 bits per heavy atom. The third-order valence-corrected chi connectivity index (χ3v) is 2.34. The van der Waals surface area contributed by atoms with Gasteiger partial charge in [0.05, 0.1) is 23.0 Å². The van der Waals surface area contributed by atoms with Crippen LogP contribution in [0.25, 0.3) is 11.3 Å². The molecule has 2 aromatic rings. The van der Waals surface area contributed by atoms with Crippen molar-refractivity contribution in [2.75, 3.05) is 0 Å². The molecule has 2 rings (SSSR count). The van der Waals surface area contributed by atoms with Gasteiger partial charge in [-0.1, -0.05) is 24.3 Å². The van der Waals surface area contributed by atoms with Gasteiger partial charge in [-0.2, -0.15) is 5.26 Å². The zero-order valence-corrected chi connectivity index (χ0v) is 8.72. The van der Waals surface area contributed by atoms with Crippen LogP contribution in [0.1, 0.15) is 11.3 Å². The van der Waals surface area contributed by atoms with E-state index in [1.165, 1.54) is 0 Å². The molecule has 0 unspecified atom stereocenters. The Balaban J connectivity index is 2.55. The molecular formula is C13H11N3. The number of benzene rings is 1. The summed E-state index contributed by atoms with van der Waals surface area (Å²) in [6, 6.07) is 15.2. The first-order valence-electron chi connectivity index (χ1n) is 5.00. The van der Waals surface area contributed by atoms with E-state index in [9.17, 15) is 0 Å². The molecule has 0 amide bonds. The summed E-state index contributed by atoms with van der Waals surface area (Å²) in [5, 5.41) is 9.00. The lowest BCUT2D eigenvalue weighted by molar-refractivity contribution is 0.993. The summed E-state index contributed by atoms with van der Waals surface area (Å²) < 4.78 is 0. The molecule has 3 heteroatoms. The molecule has 0 fully saturated rings. The summed E-state index contributed by atoms with van der Waals surface area (Å²) >= 11 is 0. The van der Waals surface area contributed by atoms with Gasteiger partial charge in [0.1, 0.15) is 0 Å². The lowest BCUT2D eigenvalue weighted by atomic mass is 10.0. The van der Waals surface area contributed by atoms with Crippen molar-refractivity contribution in [1.29, 1.82) is 5.26 Å². The Hall–Kier alpha value is -2.18. The third kappa shape index (κ3) is 1.92. The highest BCUT2D eigenvalue weighted by Crippen LogP contribution is 2.21. The van der Waals surface area contributed by atoms with Gasteiger partial charge >= 0.3 is 0 Å². The number of hydrogen-bond donors (Lipinski definition) is 1. The second kappa shape index (κ2) is 4.56. The number of hydrogen-bond acceptors (Lipinski definition) is 3. The first-order chi connectivity index (χ1) is 7.85. The van der Waals surface area contributed by atoms with Crippen molar-refractivity contribution in [2.24, 2.45) is 5.73 Å². The predicted octanol–water partition coefficient (Wildman–Crippen LogP) is 2.08. The van der Waals surface area contributed by atoms with Crippen LogP contribution >= 0.6 is 0 Å². The van der Waals surface area contributed by atoms with E-state index in [1.807, 2.05) is 36.4 Å². The SMILES string of the molecule is N#Cc1ccccc1-c1cccc(CN)n1. The molecule has 0 saturated heterocycles. The maximum atomic E-state index is 9.00. The number of nitriles is 1. The van der Waals surface area contributed by atoms with E-state index in [0.717, 1.165) is 17.0 Å². The van der Waals surface area contributed by atoms with Crippen LogP contribution in [-0.4, -0.2) is 4.98 Å². The Kier molecular flexibility index (Phi) is 2.95. The molecule has 0 radical (unpaired) electrons. The quantitative estimate of drug-likeness (QED) is 0.823. The van der Waals surface area contributed by atoms with Gasteiger partial charge in [-0.25, -0.2) is 0 Å². The average Bonchev–Trinajstić information content (AvgIpc) is 2.38. The molecule has 16 heavy (non-hydrogen) atoms. The normalized spacial score (nSPS) is 9.75. The van der Waals surface area contributed by atoms with Gasteiger partial charge in [0.2, 0.25) is 0 Å². The van der Waals surface area contributed by atoms with E-state index in [2.05, 4.69) is 11.1 Å². The fourth-order valence-corrected chi connectivity index (χ4v) is 1.55. The minimum absolute atomic E-state index is 0.405. The maximum absolute atomic E-state index is 9.00. The first kappa shape index (κ1) is 10.3. The first-order valence-corrected chi connectivity index (χ1v) is 5.00. The largest absolute Gasteiger partial charge is 0.325 e. The third-order valence-electron chi connectivity index (χ3n) is 2.34. The molecule has 0 aliphatic carbocycles. The minimum atomic E-state index is 0.405. The summed E-state index contributed by atoms with van der Waals surface area (Å²) in [7, 11) is 0. The van der Waals surface area contributed by atoms with Crippen molar-refractivity contribution in [3.63, 3.8) is 0 Å². The zero-order chi connectivity index (χ0) is 11.4. The number of pyridine rings is 1. The summed E-state index contributed by atoms with van der Waals surface area (Å²) in [4.78, 5) is 4.39. The number of aromatic nitrogens is 1. The molecule has 0 bridgehead atoms. The van der Waals surface area contributed by atoms with E-state index in [1.54, 1.807) is 6.07 Å². The highest BCUT2D eigenvalue weighted by atomic mass is 14.7. The van der Waals surface area contributed by atoms with E-state index < -0.39 is 0 Å². The summed E-state index contributed by atoms with van der Waals surface area (Å²) in [5.74, 6) is 0. The van der Waals surface area contributed by atoms with Gasteiger partial charge in [0.15, 0.2) is 0 Å². The van der Waals surface area contributed by atoms with Crippen LogP contribution in [-0.2, 0) is 6.54 Å². The van der Waals surface area contributed by atoms with Gasteiger partial charge in [-0.3, -0.25) is 4.98 Å². The van der Waals surface area contributed by atoms with Crippen LogP contribution in [0.5, 0.6) is 0 Å². The van der Waals surface area contributed by atoms with Crippen molar-refractivity contribution in [1.82, 2.24) is 4.98 Å². The molecule has 78 valence electrons. The Labute approximate surface area is 94.2 Å². The summed E-state index contributed by atoms with van der Waals surface area (Å²) in [6.45, 7) is 0.405. The van der Waals surface area contributed by atoms with E-state index in [-0.39, 0.29) is 0 Å². The molecule has 1 aromatic heterocycles. The highest BCUT2D eigenvalue weighted by molar-refractivity contribution is 5.67. The van der Waals surface area contributed by atoms with Crippen molar-refractivity contribution in [2.45, 2.75) is 6.54 Å². The van der Waals surface area contributed by atoms with Crippen molar-refractivity contribution in [3.05, 3.63) is 53.7 Å². The summed E-state index contributed by atoms with van der Waals surface area (Å²) in [6.07, 6.45) is 0. The van der Waals surface area contributed by atoms with Crippen LogP contribution in [0.3, 0.4) is 0 Å². The minimum Gasteiger partial charge on any atom is -0.325 e. The van der Waals surface area contributed by atoms with Crippen LogP contribution in [0, 0.1) is 11.3 Å². The number of nitrogens with zero attached hydrogens (tertiary/aromatic N) is 2. The summed E-state index contributed by atoms with van der Waals surface area (Å²) in [5.41, 5.74) is 8.63. The predicted molar refractivity (Wildman–Crippen MR) is 62.3 cm³/mol. The molecule has 1 aromatic carbocycles. The molecule has 0 aliphatic rings. The van der Waals surface area contributed by atoms with Crippen molar-refractivity contribution < 1.29 is 0 Å². The van der Waals surface area contributed by atoms with E-state index in [4.69, 9.17) is 11.0 Å². The lowest BCUT2D eigenvalue weighted by Gasteiger charge is -2.04. The topological polar surface area (TPSA) is 62.7 Å². The molecule has 0 spiro atoms. The van der Waals surface area contributed by atoms with Crippen LogP contribution < -0.4 is 5.73 Å². The Bertz CT molecular complexity index is 541. The lowest BCUT2D eigenvalue weighted by Crippen LogP contribution is -2.00. The van der Waals surface area contributed by atoms with Gasteiger partial charge in [0.25, 0.3) is 0 Å². The molecule has 0 aliphatic heterocycles. The van der Waals surface area contributed by atoms with Gasteiger partial charge < -0.3 is 5.73 Å². The van der Waals surface area contributed by atoms with Gasteiger partial charge in [-0.15, -0.1) is 0 Å². The van der Waals surface area contributed by atoms with Gasteiger partial charge in [-0.05, 0) is 18.2 Å². The van der Waals surface area contributed by atoms with E-state index in [0.29, 0.717) is 12.1 Å². The monoisotopic (exact) mass is 209 g/mol. The molecular weight excluding hydrogens is 198 g/mol. The van der Waals surface area contributed by atoms with E-state index >= 15 is 0 Å². The molecule has 0 atom stereocenters. The molecule has 3 nitrogen and oxygen atoms in total. The molecule has 0 saturated carbocycles. The average molecular weight is 209 g/mol. The number of rotatable bonds is 2. The zero-order valence-electron chi connectivity index (χ0n) is 8.72. The van der Waals surface area contributed by atoms with Crippen molar-refractivity contribution in [3.8, 4) is 17.3 Å². The van der Waals surface area contributed by atoms with Crippen LogP contribution in [0.2, 0.25) is 0 Å². The highest BCUT2D eigenvalue weighted by Gasteiger charge is 2.05. The fraction of sp³-hybridized carbons (Fsp3) is 0.0769. The second-order valence-corrected chi connectivity index (χ2v) is 3.38. The number of nitrogens with two attached hydrogens (primary N) is 1. The maximum Gasteiger partial charge on any atom is 0.0998 e. The van der Waals surface area contributed by atoms with Crippen molar-refractivity contribution >= 4 is 0 Å².